The number of rotatable bonds is 4. The number of aryl methyl sites for hydroxylation is 2. The maximum absolute atomic E-state index is 4.62. The SMILES string of the molecule is Cc1csc(CN2C[C@@H](C)N(Cc3nc(C)cs3)[C@@H](C)C2)n1. The molecule has 0 radical (unpaired) electrons. The van der Waals surface area contributed by atoms with Gasteiger partial charge in [-0.15, -0.1) is 22.7 Å². The molecule has 2 aromatic rings. The largest absolute Gasteiger partial charge is 0.294 e. The topological polar surface area (TPSA) is 32.3 Å². The fourth-order valence-corrected chi connectivity index (χ4v) is 4.80. The molecule has 0 bridgehead atoms. The molecule has 0 saturated carbocycles. The molecule has 0 aromatic carbocycles. The van der Waals surface area contributed by atoms with E-state index in [1.165, 1.54) is 10.0 Å². The summed E-state index contributed by atoms with van der Waals surface area (Å²) < 4.78 is 0. The van der Waals surface area contributed by atoms with E-state index in [2.05, 4.69) is 58.2 Å². The van der Waals surface area contributed by atoms with Gasteiger partial charge in [-0.25, -0.2) is 9.97 Å². The van der Waals surface area contributed by atoms with Crippen LogP contribution in [0.2, 0.25) is 0 Å². The number of hydrogen-bond donors (Lipinski definition) is 0. The van der Waals surface area contributed by atoms with E-state index in [1.54, 1.807) is 22.7 Å². The average Bonchev–Trinajstić information content (AvgIpc) is 3.03. The van der Waals surface area contributed by atoms with Gasteiger partial charge >= 0.3 is 0 Å². The number of aromatic nitrogens is 2. The van der Waals surface area contributed by atoms with Crippen LogP contribution < -0.4 is 0 Å². The molecule has 2 atom stereocenters. The van der Waals surface area contributed by atoms with Crippen LogP contribution in [0, 0.1) is 13.8 Å². The highest BCUT2D eigenvalue weighted by Gasteiger charge is 2.30. The molecule has 1 aliphatic heterocycles. The summed E-state index contributed by atoms with van der Waals surface area (Å²) in [4.78, 5) is 14.3. The zero-order valence-corrected chi connectivity index (χ0v) is 15.4. The minimum Gasteiger partial charge on any atom is -0.294 e. The van der Waals surface area contributed by atoms with Crippen LogP contribution in [0.4, 0.5) is 0 Å². The molecule has 4 nitrogen and oxygen atoms in total. The van der Waals surface area contributed by atoms with E-state index in [1.807, 2.05) is 0 Å². The number of piperazine rings is 1. The number of thiazole rings is 2. The molecule has 120 valence electrons. The monoisotopic (exact) mass is 336 g/mol. The second-order valence-corrected chi connectivity index (χ2v) is 8.22. The third-order valence-corrected chi connectivity index (χ3v) is 6.09. The molecule has 0 spiro atoms. The van der Waals surface area contributed by atoms with Crippen molar-refractivity contribution in [1.29, 1.82) is 0 Å². The van der Waals surface area contributed by atoms with Crippen LogP contribution in [0.1, 0.15) is 35.3 Å². The molecule has 3 heterocycles. The fraction of sp³-hybridized carbons (Fsp3) is 0.625. The van der Waals surface area contributed by atoms with Crippen molar-refractivity contribution < 1.29 is 0 Å². The Bertz CT molecular complexity index is 609. The molecule has 22 heavy (non-hydrogen) atoms. The minimum atomic E-state index is 0.550. The van der Waals surface area contributed by atoms with Crippen molar-refractivity contribution in [3.8, 4) is 0 Å². The second kappa shape index (κ2) is 6.74. The van der Waals surface area contributed by atoms with Gasteiger partial charge in [0, 0.05) is 47.3 Å². The fourth-order valence-electron chi connectivity index (χ4n) is 3.20. The quantitative estimate of drug-likeness (QED) is 0.857. The van der Waals surface area contributed by atoms with Gasteiger partial charge < -0.3 is 0 Å². The van der Waals surface area contributed by atoms with E-state index in [-0.39, 0.29) is 0 Å². The van der Waals surface area contributed by atoms with Gasteiger partial charge in [0.25, 0.3) is 0 Å². The molecular formula is C16H24N4S2. The predicted molar refractivity (Wildman–Crippen MR) is 93.4 cm³/mol. The van der Waals surface area contributed by atoms with Crippen LogP contribution in [0.5, 0.6) is 0 Å². The maximum Gasteiger partial charge on any atom is 0.107 e. The minimum absolute atomic E-state index is 0.550. The van der Waals surface area contributed by atoms with Crippen molar-refractivity contribution in [3.05, 3.63) is 32.2 Å². The van der Waals surface area contributed by atoms with Crippen molar-refractivity contribution in [3.63, 3.8) is 0 Å². The Kier molecular flexibility index (Phi) is 4.92. The molecule has 0 N–H and O–H groups in total. The van der Waals surface area contributed by atoms with Gasteiger partial charge in [-0.1, -0.05) is 0 Å². The van der Waals surface area contributed by atoms with Crippen LogP contribution in [0.15, 0.2) is 10.8 Å². The summed E-state index contributed by atoms with van der Waals surface area (Å²) in [6.07, 6.45) is 0. The van der Waals surface area contributed by atoms with E-state index in [4.69, 9.17) is 0 Å². The van der Waals surface area contributed by atoms with Crippen LogP contribution in [0.25, 0.3) is 0 Å². The average molecular weight is 337 g/mol. The lowest BCUT2D eigenvalue weighted by molar-refractivity contribution is 0.0289. The van der Waals surface area contributed by atoms with Gasteiger partial charge in [-0.3, -0.25) is 9.80 Å². The highest BCUT2D eigenvalue weighted by Crippen LogP contribution is 2.22. The first-order chi connectivity index (χ1) is 10.5. The van der Waals surface area contributed by atoms with E-state index in [0.29, 0.717) is 12.1 Å². The first kappa shape index (κ1) is 16.1. The molecule has 0 amide bonds. The van der Waals surface area contributed by atoms with E-state index < -0.39 is 0 Å². The van der Waals surface area contributed by atoms with Gasteiger partial charge in [0.05, 0.1) is 13.1 Å². The van der Waals surface area contributed by atoms with Crippen LogP contribution in [-0.2, 0) is 13.1 Å². The highest BCUT2D eigenvalue weighted by molar-refractivity contribution is 7.09. The smallest absolute Gasteiger partial charge is 0.107 e. The van der Waals surface area contributed by atoms with Crippen molar-refractivity contribution in [2.45, 2.75) is 52.9 Å². The lowest BCUT2D eigenvalue weighted by Gasteiger charge is -2.44. The van der Waals surface area contributed by atoms with Crippen molar-refractivity contribution >= 4 is 22.7 Å². The summed E-state index contributed by atoms with van der Waals surface area (Å²) in [7, 11) is 0. The maximum atomic E-state index is 4.62. The summed E-state index contributed by atoms with van der Waals surface area (Å²) in [6.45, 7) is 13.0. The Morgan fingerprint density at radius 2 is 1.45 bits per heavy atom. The summed E-state index contributed by atoms with van der Waals surface area (Å²) in [5.74, 6) is 0. The summed E-state index contributed by atoms with van der Waals surface area (Å²) >= 11 is 3.56. The number of nitrogens with zero attached hydrogens (tertiary/aromatic N) is 4. The van der Waals surface area contributed by atoms with Gasteiger partial charge in [-0.2, -0.15) is 0 Å². The molecule has 6 heteroatoms. The van der Waals surface area contributed by atoms with Crippen molar-refractivity contribution in [2.75, 3.05) is 13.1 Å². The Balaban J connectivity index is 1.61. The Labute approximate surface area is 140 Å². The van der Waals surface area contributed by atoms with Crippen LogP contribution in [-0.4, -0.2) is 44.9 Å². The molecular weight excluding hydrogens is 312 g/mol. The molecule has 1 aliphatic rings. The lowest BCUT2D eigenvalue weighted by Crippen LogP contribution is -2.55. The van der Waals surface area contributed by atoms with Crippen molar-refractivity contribution in [1.82, 2.24) is 19.8 Å². The zero-order valence-electron chi connectivity index (χ0n) is 13.7. The molecule has 1 fully saturated rings. The summed E-state index contributed by atoms with van der Waals surface area (Å²) in [5, 5.41) is 6.76. The molecule has 1 saturated heterocycles. The first-order valence-corrected chi connectivity index (χ1v) is 9.57. The molecule has 2 aromatic heterocycles. The Morgan fingerprint density at radius 3 is 1.91 bits per heavy atom. The second-order valence-electron chi connectivity index (χ2n) is 6.33. The highest BCUT2D eigenvalue weighted by atomic mass is 32.1. The summed E-state index contributed by atoms with van der Waals surface area (Å²) in [5.41, 5.74) is 2.27. The Morgan fingerprint density at radius 1 is 0.955 bits per heavy atom. The van der Waals surface area contributed by atoms with E-state index >= 15 is 0 Å². The van der Waals surface area contributed by atoms with Gasteiger partial charge in [-0.05, 0) is 27.7 Å². The third kappa shape index (κ3) is 3.74. The number of hydrogen-bond acceptors (Lipinski definition) is 6. The van der Waals surface area contributed by atoms with E-state index in [0.717, 1.165) is 37.6 Å². The lowest BCUT2D eigenvalue weighted by atomic mass is 10.1. The standard InChI is InChI=1S/C16H24N4S2/c1-11-9-21-15(17-11)7-19-5-13(3)20(14(4)6-19)8-16-18-12(2)10-22-16/h9-10,13-14H,5-8H2,1-4H3/t13-,14+. The normalized spacial score (nSPS) is 24.0. The van der Waals surface area contributed by atoms with Gasteiger partial charge in [0.2, 0.25) is 0 Å². The molecule has 0 aliphatic carbocycles. The molecule has 0 unspecified atom stereocenters. The van der Waals surface area contributed by atoms with Gasteiger partial charge in [0.15, 0.2) is 0 Å². The van der Waals surface area contributed by atoms with Gasteiger partial charge in [0.1, 0.15) is 10.0 Å². The Hall–Kier alpha value is -0.820. The third-order valence-electron chi connectivity index (χ3n) is 4.19. The van der Waals surface area contributed by atoms with Crippen LogP contribution >= 0.6 is 22.7 Å². The summed E-state index contributed by atoms with van der Waals surface area (Å²) in [6, 6.07) is 1.10. The van der Waals surface area contributed by atoms with E-state index in [9.17, 15) is 0 Å². The predicted octanol–water partition coefficient (Wildman–Crippen LogP) is 3.31. The first-order valence-electron chi connectivity index (χ1n) is 7.81. The molecule has 3 rings (SSSR count). The van der Waals surface area contributed by atoms with Crippen LogP contribution in [0.3, 0.4) is 0 Å². The van der Waals surface area contributed by atoms with Crippen molar-refractivity contribution in [2.24, 2.45) is 0 Å². The zero-order chi connectivity index (χ0) is 15.7.